The number of nitrogens with zero attached hydrogens (tertiary/aromatic N) is 1. The van der Waals surface area contributed by atoms with Gasteiger partial charge in [-0.25, -0.2) is 14.4 Å². The van der Waals surface area contributed by atoms with Gasteiger partial charge in [0.15, 0.2) is 0 Å². The van der Waals surface area contributed by atoms with E-state index in [1.165, 1.54) is 38.1 Å². The van der Waals surface area contributed by atoms with Gasteiger partial charge in [-0.1, -0.05) is 48.4 Å². The summed E-state index contributed by atoms with van der Waals surface area (Å²) in [6, 6.07) is 15.1. The summed E-state index contributed by atoms with van der Waals surface area (Å²) in [6.07, 6.45) is -4.82. The zero-order valence-electron chi connectivity index (χ0n) is 21.5. The molecule has 1 heterocycles. The number of carbonyl (C=O) groups is 6. The second kappa shape index (κ2) is 12.7. The topological polar surface area (TPSA) is 152 Å². The number of benzene rings is 2. The van der Waals surface area contributed by atoms with Crippen molar-refractivity contribution in [3.63, 3.8) is 0 Å². The molecule has 2 amide bonds. The van der Waals surface area contributed by atoms with Crippen LogP contribution in [-0.4, -0.2) is 66.4 Å². The molecule has 3 rings (SSSR count). The van der Waals surface area contributed by atoms with Gasteiger partial charge in [0.1, 0.15) is 6.61 Å². The van der Waals surface area contributed by atoms with Crippen LogP contribution in [-0.2, 0) is 38.2 Å². The Kier molecular flexibility index (Phi) is 9.37. The zero-order valence-corrected chi connectivity index (χ0v) is 21.5. The van der Waals surface area contributed by atoms with Crippen molar-refractivity contribution in [1.82, 2.24) is 5.06 Å². The van der Waals surface area contributed by atoms with Crippen molar-refractivity contribution in [2.45, 2.75) is 39.4 Å². The highest BCUT2D eigenvalue weighted by molar-refractivity contribution is 6.09. The Bertz CT molecular complexity index is 1160. The van der Waals surface area contributed by atoms with Crippen LogP contribution in [0.2, 0.25) is 0 Å². The quantitative estimate of drug-likeness (QED) is 0.248. The molecule has 0 aliphatic carbocycles. The second-order valence-electron chi connectivity index (χ2n) is 9.00. The highest BCUT2D eigenvalue weighted by atomic mass is 16.8. The summed E-state index contributed by atoms with van der Waals surface area (Å²) in [6.45, 7) is 4.41. The van der Waals surface area contributed by atoms with E-state index in [9.17, 15) is 28.8 Å². The van der Waals surface area contributed by atoms with Crippen LogP contribution < -0.4 is 0 Å². The number of imide groups is 1. The van der Waals surface area contributed by atoms with Crippen LogP contribution in [0.5, 0.6) is 0 Å². The van der Waals surface area contributed by atoms with E-state index in [1.54, 1.807) is 36.4 Å². The third-order valence-electron chi connectivity index (χ3n) is 5.36. The highest BCUT2D eigenvalue weighted by Crippen LogP contribution is 2.24. The van der Waals surface area contributed by atoms with E-state index >= 15 is 0 Å². The zero-order chi connectivity index (χ0) is 28.6. The van der Waals surface area contributed by atoms with Crippen molar-refractivity contribution in [2.75, 3.05) is 13.2 Å². The van der Waals surface area contributed by atoms with Crippen LogP contribution in [0.25, 0.3) is 0 Å². The van der Waals surface area contributed by atoms with E-state index in [2.05, 4.69) is 0 Å². The standard InChI is InChI=1S/C27H27NO11/c1-4-15-35-25(33)27(2,3)16-36-26(34)39-28-21(29)19(37-23(31)17-11-7-5-8-12-17)20(22(28)30)38-24(32)18-13-9-6-10-14-18/h5-14,19-20H,4,15-16H2,1-3H3/t19-,20-/m0/s1. The van der Waals surface area contributed by atoms with Gasteiger partial charge in [-0.05, 0) is 44.5 Å². The summed E-state index contributed by atoms with van der Waals surface area (Å²) >= 11 is 0. The predicted octanol–water partition coefficient (Wildman–Crippen LogP) is 2.85. The second-order valence-corrected chi connectivity index (χ2v) is 9.00. The van der Waals surface area contributed by atoms with Crippen LogP contribution in [0, 0.1) is 5.41 Å². The number of carbonyl (C=O) groups excluding carboxylic acids is 6. The van der Waals surface area contributed by atoms with E-state index in [-0.39, 0.29) is 22.8 Å². The number of rotatable bonds is 10. The minimum Gasteiger partial charge on any atom is -0.465 e. The number of esters is 3. The number of amides is 2. The number of hydroxylamine groups is 2. The van der Waals surface area contributed by atoms with Crippen LogP contribution in [0.1, 0.15) is 47.9 Å². The maximum atomic E-state index is 13.0. The molecular formula is C27H27NO11. The van der Waals surface area contributed by atoms with E-state index < -0.39 is 60.1 Å². The molecule has 12 heteroatoms. The molecule has 1 fully saturated rings. The Morgan fingerprint density at radius 1 is 0.769 bits per heavy atom. The van der Waals surface area contributed by atoms with Crippen molar-refractivity contribution < 1.29 is 52.6 Å². The molecule has 0 unspecified atom stereocenters. The van der Waals surface area contributed by atoms with Gasteiger partial charge < -0.3 is 18.9 Å². The first-order valence-corrected chi connectivity index (χ1v) is 12.0. The number of ether oxygens (including phenoxy) is 4. The first-order chi connectivity index (χ1) is 18.5. The van der Waals surface area contributed by atoms with Gasteiger partial charge >= 0.3 is 35.9 Å². The molecule has 39 heavy (non-hydrogen) atoms. The molecule has 1 aliphatic heterocycles. The van der Waals surface area contributed by atoms with Crippen molar-refractivity contribution in [2.24, 2.45) is 5.41 Å². The van der Waals surface area contributed by atoms with E-state index in [1.807, 2.05) is 6.92 Å². The molecule has 2 atom stereocenters. The third-order valence-corrected chi connectivity index (χ3v) is 5.36. The molecule has 12 nitrogen and oxygen atoms in total. The Hall–Kier alpha value is -4.74. The highest BCUT2D eigenvalue weighted by Gasteiger charge is 2.55. The lowest BCUT2D eigenvalue weighted by Crippen LogP contribution is -2.38. The Morgan fingerprint density at radius 3 is 1.67 bits per heavy atom. The monoisotopic (exact) mass is 541 g/mol. The van der Waals surface area contributed by atoms with Gasteiger partial charge in [-0.2, -0.15) is 0 Å². The van der Waals surface area contributed by atoms with Crippen molar-refractivity contribution >= 4 is 35.9 Å². The van der Waals surface area contributed by atoms with Crippen molar-refractivity contribution in [1.29, 1.82) is 0 Å². The molecule has 2 aromatic rings. The predicted molar refractivity (Wildman–Crippen MR) is 131 cm³/mol. The summed E-state index contributed by atoms with van der Waals surface area (Å²) in [7, 11) is 0. The van der Waals surface area contributed by atoms with Crippen molar-refractivity contribution in [3.8, 4) is 0 Å². The van der Waals surface area contributed by atoms with Crippen LogP contribution in [0.4, 0.5) is 4.79 Å². The lowest BCUT2D eigenvalue weighted by molar-refractivity contribution is -0.182. The average Bonchev–Trinajstić information content (AvgIpc) is 3.15. The Labute approximate surface area is 223 Å². The molecule has 0 N–H and O–H groups in total. The van der Waals surface area contributed by atoms with Crippen LogP contribution in [0.15, 0.2) is 60.7 Å². The van der Waals surface area contributed by atoms with E-state index in [0.717, 1.165) is 0 Å². The molecule has 1 aliphatic rings. The SMILES string of the molecule is CCCOC(=O)C(C)(C)COC(=O)ON1C(=O)[C@@H](OC(=O)c2ccccc2)[C@H](OC(=O)c2ccccc2)C1=O. The van der Waals surface area contributed by atoms with Gasteiger partial charge in [0.25, 0.3) is 0 Å². The molecule has 206 valence electrons. The lowest BCUT2D eigenvalue weighted by Gasteiger charge is -2.22. The summed E-state index contributed by atoms with van der Waals surface area (Å²) in [5.74, 6) is -5.17. The molecular weight excluding hydrogens is 514 g/mol. The molecule has 2 aromatic carbocycles. The number of hydrogen-bond donors (Lipinski definition) is 0. The number of hydrogen-bond acceptors (Lipinski definition) is 11. The van der Waals surface area contributed by atoms with E-state index in [4.69, 9.17) is 23.8 Å². The van der Waals surface area contributed by atoms with E-state index in [0.29, 0.717) is 6.42 Å². The molecule has 1 saturated heterocycles. The summed E-state index contributed by atoms with van der Waals surface area (Å²) < 4.78 is 20.4. The smallest absolute Gasteiger partial charge is 0.465 e. The first kappa shape index (κ1) is 28.8. The average molecular weight is 542 g/mol. The Balaban J connectivity index is 1.75. The summed E-state index contributed by atoms with van der Waals surface area (Å²) in [5.41, 5.74) is -1.14. The largest absolute Gasteiger partial charge is 0.533 e. The molecule has 0 saturated carbocycles. The maximum Gasteiger partial charge on any atom is 0.533 e. The summed E-state index contributed by atoms with van der Waals surface area (Å²) in [5, 5.41) is -0.00336. The normalized spacial score (nSPS) is 16.8. The maximum absolute atomic E-state index is 13.0. The minimum absolute atomic E-state index is 0.00336. The van der Waals surface area contributed by atoms with Gasteiger partial charge in [0, 0.05) is 0 Å². The van der Waals surface area contributed by atoms with Crippen LogP contribution in [0.3, 0.4) is 0 Å². The Morgan fingerprint density at radius 2 is 1.23 bits per heavy atom. The lowest BCUT2D eigenvalue weighted by atomic mass is 9.95. The van der Waals surface area contributed by atoms with Crippen molar-refractivity contribution in [3.05, 3.63) is 71.8 Å². The minimum atomic E-state index is -1.95. The van der Waals surface area contributed by atoms with Gasteiger partial charge in [0.2, 0.25) is 12.2 Å². The van der Waals surface area contributed by atoms with Gasteiger partial charge in [-0.3, -0.25) is 19.2 Å². The molecule has 0 bridgehead atoms. The van der Waals surface area contributed by atoms with Gasteiger partial charge in [-0.15, -0.1) is 0 Å². The summed E-state index contributed by atoms with van der Waals surface area (Å²) in [4.78, 5) is 80.5. The fourth-order valence-corrected chi connectivity index (χ4v) is 3.22. The molecule has 0 aromatic heterocycles. The molecule has 0 spiro atoms. The fraction of sp³-hybridized carbons (Fsp3) is 0.333. The fourth-order valence-electron chi connectivity index (χ4n) is 3.22. The third kappa shape index (κ3) is 7.18. The first-order valence-electron chi connectivity index (χ1n) is 12.0. The van der Waals surface area contributed by atoms with Gasteiger partial charge in [0.05, 0.1) is 23.1 Å². The molecule has 0 radical (unpaired) electrons. The van der Waals surface area contributed by atoms with Crippen LogP contribution >= 0.6 is 0 Å².